The maximum absolute atomic E-state index is 13.5. The number of fused-ring (bicyclic) bond motifs is 1. The summed E-state index contributed by atoms with van der Waals surface area (Å²) in [6.45, 7) is 1.76. The average Bonchev–Trinajstić information content (AvgIpc) is 2.55. The number of thiophene rings is 1. The molecule has 1 aromatic heterocycles. The van der Waals surface area contributed by atoms with Gasteiger partial charge in [-0.3, -0.25) is 0 Å². The van der Waals surface area contributed by atoms with Crippen LogP contribution in [-0.2, 0) is 0 Å². The zero-order chi connectivity index (χ0) is 9.42. The molecule has 0 spiro atoms. The summed E-state index contributed by atoms with van der Waals surface area (Å²) in [5.74, 6) is -0.142. The lowest BCUT2D eigenvalue weighted by atomic mass is 10.2. The first-order valence-corrected chi connectivity index (χ1v) is 4.76. The number of hydrogen-bond acceptors (Lipinski definition) is 2. The maximum atomic E-state index is 13.5. The van der Waals surface area contributed by atoms with Gasteiger partial charge in [-0.25, -0.2) is 4.39 Å². The van der Waals surface area contributed by atoms with Crippen LogP contribution in [0.2, 0.25) is 0 Å². The van der Waals surface area contributed by atoms with E-state index in [0.717, 1.165) is 9.76 Å². The summed E-state index contributed by atoms with van der Waals surface area (Å²) < 4.78 is 19.5. The van der Waals surface area contributed by atoms with Crippen LogP contribution in [0.5, 0.6) is 5.06 Å². The summed E-state index contributed by atoms with van der Waals surface area (Å²) in [6, 6.07) is 5.44. The molecule has 68 valence electrons. The van der Waals surface area contributed by atoms with Crippen LogP contribution < -0.4 is 4.74 Å². The maximum Gasteiger partial charge on any atom is 0.174 e. The van der Waals surface area contributed by atoms with Gasteiger partial charge in [-0.1, -0.05) is 17.4 Å². The Morgan fingerprint density at radius 1 is 1.38 bits per heavy atom. The molecule has 0 N–H and O–H groups in total. The van der Waals surface area contributed by atoms with Crippen molar-refractivity contribution in [3.8, 4) is 5.06 Å². The molecular weight excluding hydrogens is 187 g/mol. The van der Waals surface area contributed by atoms with Gasteiger partial charge in [0.15, 0.2) is 5.06 Å². The fourth-order valence-corrected chi connectivity index (χ4v) is 2.14. The van der Waals surface area contributed by atoms with Crippen LogP contribution in [0, 0.1) is 12.7 Å². The monoisotopic (exact) mass is 196 g/mol. The first kappa shape index (κ1) is 8.51. The number of rotatable bonds is 1. The van der Waals surface area contributed by atoms with Crippen LogP contribution >= 0.6 is 11.3 Å². The first-order chi connectivity index (χ1) is 6.22. The topological polar surface area (TPSA) is 9.23 Å². The predicted octanol–water partition coefficient (Wildman–Crippen LogP) is 3.36. The van der Waals surface area contributed by atoms with Crippen molar-refractivity contribution in [2.24, 2.45) is 0 Å². The van der Waals surface area contributed by atoms with E-state index >= 15 is 0 Å². The fraction of sp³-hybridized carbons (Fsp3) is 0.200. The lowest BCUT2D eigenvalue weighted by Crippen LogP contribution is -1.80. The molecule has 1 heterocycles. The normalized spacial score (nSPS) is 10.7. The highest BCUT2D eigenvalue weighted by Crippen LogP contribution is 2.33. The highest BCUT2D eigenvalue weighted by atomic mass is 32.1. The van der Waals surface area contributed by atoms with E-state index in [-0.39, 0.29) is 5.82 Å². The van der Waals surface area contributed by atoms with Crippen LogP contribution in [0.15, 0.2) is 18.2 Å². The van der Waals surface area contributed by atoms with Gasteiger partial charge in [0, 0.05) is 16.2 Å². The van der Waals surface area contributed by atoms with E-state index in [1.54, 1.807) is 26.2 Å². The van der Waals surface area contributed by atoms with Crippen molar-refractivity contribution < 1.29 is 9.13 Å². The standard InChI is InChI=1S/C10H9FOS/c1-6-3-4-8-7(10(6)11)5-9(12-2)13-8/h3-5H,1-2H3. The number of halogens is 1. The van der Waals surface area contributed by atoms with Crippen LogP contribution in [0.3, 0.4) is 0 Å². The Balaban J connectivity index is 2.76. The Bertz CT molecular complexity index is 447. The summed E-state index contributed by atoms with van der Waals surface area (Å²) in [5.41, 5.74) is 0.674. The van der Waals surface area contributed by atoms with Crippen molar-refractivity contribution in [3.05, 3.63) is 29.6 Å². The molecule has 0 saturated carbocycles. The molecule has 0 amide bonds. The van der Waals surface area contributed by atoms with Crippen molar-refractivity contribution >= 4 is 21.4 Å². The van der Waals surface area contributed by atoms with Crippen LogP contribution in [-0.4, -0.2) is 7.11 Å². The summed E-state index contributed by atoms with van der Waals surface area (Å²) in [5, 5.41) is 1.40. The fourth-order valence-electron chi connectivity index (χ4n) is 1.26. The molecule has 13 heavy (non-hydrogen) atoms. The van der Waals surface area contributed by atoms with Gasteiger partial charge in [-0.2, -0.15) is 0 Å². The molecule has 2 rings (SSSR count). The molecule has 1 nitrogen and oxygen atoms in total. The molecule has 2 aromatic rings. The van der Waals surface area contributed by atoms with E-state index in [9.17, 15) is 4.39 Å². The number of aryl methyl sites for hydroxylation is 1. The lowest BCUT2D eigenvalue weighted by Gasteiger charge is -1.95. The number of methoxy groups -OCH3 is 1. The van der Waals surface area contributed by atoms with Crippen LogP contribution in [0.4, 0.5) is 4.39 Å². The van der Waals surface area contributed by atoms with Crippen LogP contribution in [0.1, 0.15) is 5.56 Å². The Kier molecular flexibility index (Phi) is 1.96. The van der Waals surface area contributed by atoms with Crippen molar-refractivity contribution in [1.82, 2.24) is 0 Å². The smallest absolute Gasteiger partial charge is 0.174 e. The first-order valence-electron chi connectivity index (χ1n) is 3.95. The van der Waals surface area contributed by atoms with E-state index in [0.29, 0.717) is 10.9 Å². The summed E-state index contributed by atoms with van der Waals surface area (Å²) in [6.07, 6.45) is 0. The molecule has 3 heteroatoms. The summed E-state index contributed by atoms with van der Waals surface area (Å²) in [4.78, 5) is 0. The summed E-state index contributed by atoms with van der Waals surface area (Å²) in [7, 11) is 1.59. The number of benzene rings is 1. The largest absolute Gasteiger partial charge is 0.487 e. The Hall–Kier alpha value is -1.09. The molecular formula is C10H9FOS. The third kappa shape index (κ3) is 1.29. The second-order valence-electron chi connectivity index (χ2n) is 2.88. The second-order valence-corrected chi connectivity index (χ2v) is 3.92. The third-order valence-electron chi connectivity index (χ3n) is 2.01. The van der Waals surface area contributed by atoms with Crippen molar-refractivity contribution in [3.63, 3.8) is 0 Å². The van der Waals surface area contributed by atoms with Gasteiger partial charge in [0.1, 0.15) is 5.82 Å². The highest BCUT2D eigenvalue weighted by molar-refractivity contribution is 7.20. The molecule has 0 bridgehead atoms. The van der Waals surface area contributed by atoms with Crippen molar-refractivity contribution in [1.29, 1.82) is 0 Å². The predicted molar refractivity (Wildman–Crippen MR) is 53.1 cm³/mol. The van der Waals surface area contributed by atoms with E-state index in [4.69, 9.17) is 4.74 Å². The van der Waals surface area contributed by atoms with Gasteiger partial charge in [0.2, 0.25) is 0 Å². The SMILES string of the molecule is COc1cc2c(F)c(C)ccc2s1. The Labute approximate surface area is 79.8 Å². The van der Waals surface area contributed by atoms with E-state index < -0.39 is 0 Å². The molecule has 0 radical (unpaired) electrons. The quantitative estimate of drug-likeness (QED) is 0.679. The van der Waals surface area contributed by atoms with Crippen molar-refractivity contribution in [2.45, 2.75) is 6.92 Å². The van der Waals surface area contributed by atoms with Gasteiger partial charge >= 0.3 is 0 Å². The number of hydrogen-bond donors (Lipinski definition) is 0. The van der Waals surface area contributed by atoms with Gasteiger partial charge in [-0.05, 0) is 18.6 Å². The minimum atomic E-state index is -0.142. The molecule has 0 aliphatic rings. The van der Waals surface area contributed by atoms with Gasteiger partial charge in [0.25, 0.3) is 0 Å². The lowest BCUT2D eigenvalue weighted by molar-refractivity contribution is 0.427. The molecule has 1 aromatic carbocycles. The Morgan fingerprint density at radius 2 is 2.15 bits per heavy atom. The average molecular weight is 196 g/mol. The van der Waals surface area contributed by atoms with Gasteiger partial charge < -0.3 is 4.74 Å². The number of ether oxygens (including phenoxy) is 1. The molecule has 0 saturated heterocycles. The van der Waals surface area contributed by atoms with E-state index in [1.807, 2.05) is 6.07 Å². The minimum absolute atomic E-state index is 0.142. The van der Waals surface area contributed by atoms with E-state index in [2.05, 4.69) is 0 Å². The third-order valence-corrected chi connectivity index (χ3v) is 3.07. The zero-order valence-electron chi connectivity index (χ0n) is 7.43. The van der Waals surface area contributed by atoms with Gasteiger partial charge in [-0.15, -0.1) is 0 Å². The van der Waals surface area contributed by atoms with Crippen LogP contribution in [0.25, 0.3) is 10.1 Å². The van der Waals surface area contributed by atoms with Gasteiger partial charge in [0.05, 0.1) is 7.11 Å². The highest BCUT2D eigenvalue weighted by Gasteiger charge is 2.07. The molecule has 0 aliphatic carbocycles. The molecule has 0 fully saturated rings. The summed E-state index contributed by atoms with van der Waals surface area (Å²) >= 11 is 1.46. The Morgan fingerprint density at radius 3 is 2.85 bits per heavy atom. The molecule has 0 unspecified atom stereocenters. The zero-order valence-corrected chi connectivity index (χ0v) is 8.24. The van der Waals surface area contributed by atoms with Crippen molar-refractivity contribution in [2.75, 3.05) is 7.11 Å². The second kappa shape index (κ2) is 3.00. The molecule has 0 atom stereocenters. The minimum Gasteiger partial charge on any atom is -0.487 e. The molecule has 0 aliphatic heterocycles. The van der Waals surface area contributed by atoms with E-state index in [1.165, 1.54) is 11.3 Å².